The maximum atomic E-state index is 12.5. The molecule has 0 radical (unpaired) electrons. The van der Waals surface area contributed by atoms with E-state index in [2.05, 4.69) is 11.4 Å². The molecule has 166 valence electrons. The molecule has 31 heavy (non-hydrogen) atoms. The molecule has 0 spiro atoms. The Morgan fingerprint density at radius 1 is 1.26 bits per heavy atom. The van der Waals surface area contributed by atoms with Gasteiger partial charge in [0.15, 0.2) is 0 Å². The van der Waals surface area contributed by atoms with E-state index in [0.29, 0.717) is 19.5 Å². The van der Waals surface area contributed by atoms with E-state index in [1.165, 1.54) is 18.4 Å². The van der Waals surface area contributed by atoms with Gasteiger partial charge >= 0.3 is 0 Å². The van der Waals surface area contributed by atoms with Crippen molar-refractivity contribution in [3.8, 4) is 5.75 Å². The number of hydrogen-bond donors (Lipinski definition) is 1. The Morgan fingerprint density at radius 3 is 2.81 bits per heavy atom. The van der Waals surface area contributed by atoms with E-state index in [-0.39, 0.29) is 11.8 Å². The van der Waals surface area contributed by atoms with Crippen LogP contribution < -0.4 is 10.1 Å². The van der Waals surface area contributed by atoms with Crippen LogP contribution in [0.1, 0.15) is 61.5 Å². The molecule has 6 heteroatoms. The Morgan fingerprint density at radius 2 is 2.06 bits per heavy atom. The zero-order valence-corrected chi connectivity index (χ0v) is 18.8. The lowest BCUT2D eigenvalue weighted by Gasteiger charge is -2.15. The quantitative estimate of drug-likeness (QED) is 0.535. The summed E-state index contributed by atoms with van der Waals surface area (Å²) in [6.45, 7) is 6.06. The second-order valence-corrected chi connectivity index (χ2v) is 8.63. The van der Waals surface area contributed by atoms with E-state index in [1.54, 1.807) is 13.2 Å². The van der Waals surface area contributed by atoms with Gasteiger partial charge in [-0.05, 0) is 57.6 Å². The minimum atomic E-state index is -0.126. The van der Waals surface area contributed by atoms with Crippen LogP contribution in [0.25, 0.3) is 16.5 Å². The van der Waals surface area contributed by atoms with Crippen LogP contribution in [-0.4, -0.2) is 43.5 Å². The number of nitrogens with zero attached hydrogens (tertiary/aromatic N) is 1. The van der Waals surface area contributed by atoms with Crippen LogP contribution in [0.5, 0.6) is 5.75 Å². The minimum absolute atomic E-state index is 0.126. The lowest BCUT2D eigenvalue weighted by molar-refractivity contribution is -0.127. The van der Waals surface area contributed by atoms with Crippen LogP contribution in [0.3, 0.4) is 0 Å². The normalized spacial score (nSPS) is 16.7. The van der Waals surface area contributed by atoms with Crippen LogP contribution in [0.15, 0.2) is 16.6 Å². The third kappa shape index (κ3) is 4.34. The van der Waals surface area contributed by atoms with Gasteiger partial charge in [0.1, 0.15) is 17.1 Å². The molecule has 1 fully saturated rings. The Hall–Kier alpha value is -2.76. The molecule has 1 saturated heterocycles. The van der Waals surface area contributed by atoms with E-state index in [9.17, 15) is 9.59 Å². The third-order valence-corrected chi connectivity index (χ3v) is 6.48. The number of benzene rings is 1. The van der Waals surface area contributed by atoms with Gasteiger partial charge in [-0.15, -0.1) is 0 Å². The number of rotatable bonds is 7. The van der Waals surface area contributed by atoms with Crippen LogP contribution in [-0.2, 0) is 22.4 Å². The summed E-state index contributed by atoms with van der Waals surface area (Å²) >= 11 is 0. The monoisotopic (exact) mass is 424 g/mol. The molecule has 2 heterocycles. The van der Waals surface area contributed by atoms with E-state index >= 15 is 0 Å². The predicted octanol–water partition coefficient (Wildman–Crippen LogP) is 4.16. The molecular weight excluding hydrogens is 392 g/mol. The fraction of sp³-hybridized carbons (Fsp3) is 0.520. The SMILES string of the molecule is COc1c(/C(C)=C/C(=O)NCCCN2CCCC2=O)cc2c3c(oc2c1C)CCCC3. The lowest BCUT2D eigenvalue weighted by Crippen LogP contribution is -2.30. The topological polar surface area (TPSA) is 71.8 Å². The number of carbonyl (C=O) groups is 2. The largest absolute Gasteiger partial charge is 0.496 e. The fourth-order valence-electron chi connectivity index (χ4n) is 4.84. The molecule has 1 aromatic carbocycles. The number of ether oxygens (including phenoxy) is 1. The molecule has 2 aromatic rings. The minimum Gasteiger partial charge on any atom is -0.496 e. The van der Waals surface area contributed by atoms with Gasteiger partial charge in [0.2, 0.25) is 11.8 Å². The highest BCUT2D eigenvalue weighted by Crippen LogP contribution is 2.40. The zero-order chi connectivity index (χ0) is 22.0. The van der Waals surface area contributed by atoms with E-state index in [4.69, 9.17) is 9.15 Å². The average molecular weight is 425 g/mol. The number of methoxy groups -OCH3 is 1. The highest BCUT2D eigenvalue weighted by Gasteiger charge is 2.23. The maximum Gasteiger partial charge on any atom is 0.244 e. The van der Waals surface area contributed by atoms with Crippen molar-refractivity contribution < 1.29 is 18.7 Å². The number of amides is 2. The number of fused-ring (bicyclic) bond motifs is 3. The summed E-state index contributed by atoms with van der Waals surface area (Å²) < 4.78 is 11.9. The van der Waals surface area contributed by atoms with Crippen molar-refractivity contribution in [2.45, 2.75) is 58.8 Å². The number of allylic oxidation sites excluding steroid dienone is 1. The molecule has 6 nitrogen and oxygen atoms in total. The highest BCUT2D eigenvalue weighted by atomic mass is 16.5. The van der Waals surface area contributed by atoms with Crippen molar-refractivity contribution in [1.82, 2.24) is 10.2 Å². The molecule has 1 aromatic heterocycles. The standard InChI is InChI=1S/C25H32N2O4/c1-16(14-22(28)26-11-7-13-27-12-6-10-23(27)29)19-15-20-18-8-4-5-9-21(18)31-25(20)17(2)24(19)30-3/h14-15H,4-13H2,1-3H3,(H,26,28)/b16-14+. The smallest absolute Gasteiger partial charge is 0.244 e. The van der Waals surface area contributed by atoms with Gasteiger partial charge in [-0.2, -0.15) is 0 Å². The molecule has 1 aliphatic carbocycles. The number of nitrogens with one attached hydrogen (secondary N) is 1. The molecule has 0 unspecified atom stereocenters. The summed E-state index contributed by atoms with van der Waals surface area (Å²) in [6, 6.07) is 2.12. The average Bonchev–Trinajstić information content (AvgIpc) is 3.34. The number of hydrogen-bond acceptors (Lipinski definition) is 4. The highest BCUT2D eigenvalue weighted by molar-refractivity contribution is 5.98. The molecule has 0 saturated carbocycles. The van der Waals surface area contributed by atoms with E-state index < -0.39 is 0 Å². The summed E-state index contributed by atoms with van der Waals surface area (Å²) in [4.78, 5) is 26.0. The molecule has 1 aliphatic heterocycles. The number of aryl methyl sites for hydroxylation is 3. The molecule has 4 rings (SSSR count). The van der Waals surface area contributed by atoms with Crippen LogP contribution >= 0.6 is 0 Å². The first kappa shape index (κ1) is 21.5. The van der Waals surface area contributed by atoms with Gasteiger partial charge in [-0.1, -0.05) is 0 Å². The van der Waals surface area contributed by atoms with Crippen molar-refractivity contribution >= 4 is 28.4 Å². The summed E-state index contributed by atoms with van der Waals surface area (Å²) in [6.07, 6.45) is 8.37. The van der Waals surface area contributed by atoms with Gasteiger partial charge in [-0.3, -0.25) is 9.59 Å². The first-order valence-corrected chi connectivity index (χ1v) is 11.4. The molecule has 2 aliphatic rings. The van der Waals surface area contributed by atoms with Gasteiger partial charge in [0, 0.05) is 60.6 Å². The number of furan rings is 1. The van der Waals surface area contributed by atoms with Crippen molar-refractivity contribution in [2.75, 3.05) is 26.7 Å². The summed E-state index contributed by atoms with van der Waals surface area (Å²) in [5.41, 5.74) is 4.98. The first-order chi connectivity index (χ1) is 15.0. The van der Waals surface area contributed by atoms with Crippen molar-refractivity contribution in [2.24, 2.45) is 0 Å². The molecule has 0 atom stereocenters. The summed E-state index contributed by atoms with van der Waals surface area (Å²) in [5, 5.41) is 4.09. The van der Waals surface area contributed by atoms with Crippen LogP contribution in [0.2, 0.25) is 0 Å². The zero-order valence-electron chi connectivity index (χ0n) is 18.8. The first-order valence-electron chi connectivity index (χ1n) is 11.4. The summed E-state index contributed by atoms with van der Waals surface area (Å²) in [7, 11) is 1.66. The Balaban J connectivity index is 1.49. The predicted molar refractivity (Wildman–Crippen MR) is 121 cm³/mol. The summed E-state index contributed by atoms with van der Waals surface area (Å²) in [5.74, 6) is 1.95. The van der Waals surface area contributed by atoms with Gasteiger partial charge < -0.3 is 19.4 Å². The third-order valence-electron chi connectivity index (χ3n) is 6.48. The van der Waals surface area contributed by atoms with Crippen molar-refractivity contribution in [3.05, 3.63) is 34.6 Å². The van der Waals surface area contributed by atoms with Gasteiger partial charge in [-0.25, -0.2) is 0 Å². The second kappa shape index (κ2) is 9.16. The Labute approximate surface area is 183 Å². The van der Waals surface area contributed by atoms with Crippen LogP contribution in [0, 0.1) is 6.92 Å². The Bertz CT molecular complexity index is 1030. The molecule has 2 amide bonds. The molecule has 1 N–H and O–H groups in total. The van der Waals surface area contributed by atoms with Gasteiger partial charge in [0.05, 0.1) is 7.11 Å². The van der Waals surface area contributed by atoms with Crippen molar-refractivity contribution in [3.63, 3.8) is 0 Å². The number of likely N-dealkylation sites (tertiary alicyclic amines) is 1. The second-order valence-electron chi connectivity index (χ2n) is 8.63. The lowest BCUT2D eigenvalue weighted by atomic mass is 9.93. The molecule has 0 bridgehead atoms. The van der Waals surface area contributed by atoms with Crippen molar-refractivity contribution in [1.29, 1.82) is 0 Å². The fourth-order valence-corrected chi connectivity index (χ4v) is 4.84. The Kier molecular flexibility index (Phi) is 6.35. The maximum absolute atomic E-state index is 12.5. The van der Waals surface area contributed by atoms with Gasteiger partial charge in [0.25, 0.3) is 0 Å². The van der Waals surface area contributed by atoms with Crippen LogP contribution in [0.4, 0.5) is 0 Å². The molecular formula is C25H32N2O4. The van der Waals surface area contributed by atoms with E-state index in [1.807, 2.05) is 18.7 Å². The number of carbonyl (C=O) groups excluding carboxylic acids is 2. The van der Waals surface area contributed by atoms with E-state index in [0.717, 1.165) is 71.4 Å².